The van der Waals surface area contributed by atoms with E-state index in [2.05, 4.69) is 25.3 Å². The van der Waals surface area contributed by atoms with Crippen LogP contribution in [-0.4, -0.2) is 70.4 Å². The Morgan fingerprint density at radius 3 is 2.66 bits per heavy atom. The van der Waals surface area contributed by atoms with Crippen LogP contribution < -0.4 is 0 Å². The highest BCUT2D eigenvalue weighted by Gasteiger charge is 2.98. The van der Waals surface area contributed by atoms with Gasteiger partial charge >= 0.3 is 13.8 Å². The number of hydrogen-bond donors (Lipinski definition) is 2. The fraction of sp³-hybridized carbons (Fsp3) is 0.857. The Labute approximate surface area is 184 Å². The average Bonchev–Trinajstić information content (AvgIpc) is 3.54. The summed E-state index contributed by atoms with van der Waals surface area (Å²) in [5.41, 5.74) is -0.525. The third-order valence-electron chi connectivity index (χ3n) is 9.51. The van der Waals surface area contributed by atoms with E-state index in [1.807, 2.05) is 0 Å². The van der Waals surface area contributed by atoms with E-state index < -0.39 is 37.5 Å². The smallest absolute Gasteiger partial charge is 0.458 e. The molecule has 2 spiro atoms. The largest absolute Gasteiger partial charge is 0.471 e. The maximum Gasteiger partial charge on any atom is 0.471 e. The number of hydrogen-bond acceptors (Lipinski definition) is 8. The van der Waals surface area contributed by atoms with Gasteiger partial charge in [0.1, 0.15) is 41.7 Å². The minimum atomic E-state index is -4.68. The van der Waals surface area contributed by atoms with Crippen LogP contribution in [-0.2, 0) is 37.6 Å². The molecule has 2 bridgehead atoms. The summed E-state index contributed by atoms with van der Waals surface area (Å²) < 4.78 is 46.9. The Balaban J connectivity index is 1.30. The zero-order valence-corrected chi connectivity index (χ0v) is 19.0. The second-order valence-corrected chi connectivity index (χ2v) is 12.1. The number of carbonyl (C=O) groups excluding carboxylic acids is 1. The maximum atomic E-state index is 12.2. The first kappa shape index (κ1) is 20.5. The molecular weight excluding hydrogens is 443 g/mol. The van der Waals surface area contributed by atoms with Gasteiger partial charge in [-0.3, -0.25) is 4.52 Å². The summed E-state index contributed by atoms with van der Waals surface area (Å²) in [5, 5.41) is 0. The number of esters is 1. The van der Waals surface area contributed by atoms with Gasteiger partial charge in [0.15, 0.2) is 6.79 Å². The summed E-state index contributed by atoms with van der Waals surface area (Å²) in [6.45, 7) is 6.08. The molecule has 5 aliphatic heterocycles. The SMILES string of the molecule is CC(C)[C@]12O[C@H]1[C@@H]1O[C@@]13[C@@]1(C)CCC4=C(COC4=O)[C@@H]1C1C[C@@]3(O1)[C@@H]2OCOP(=O)(O)O. The molecule has 6 fully saturated rings. The topological polar surface area (TPSA) is 137 Å². The Hall–Kier alpha value is -0.840. The van der Waals surface area contributed by atoms with Crippen LogP contribution in [0, 0.1) is 17.3 Å². The minimum Gasteiger partial charge on any atom is -0.458 e. The normalized spacial score (nSPS) is 54.1. The first-order chi connectivity index (χ1) is 15.0. The van der Waals surface area contributed by atoms with E-state index in [-0.39, 0.29) is 41.5 Å². The van der Waals surface area contributed by atoms with Crippen LogP contribution in [0.4, 0.5) is 0 Å². The maximum absolute atomic E-state index is 12.2. The summed E-state index contributed by atoms with van der Waals surface area (Å²) in [7, 11) is -4.68. The monoisotopic (exact) mass is 470 g/mol. The van der Waals surface area contributed by atoms with Crippen molar-refractivity contribution in [3.63, 3.8) is 0 Å². The summed E-state index contributed by atoms with van der Waals surface area (Å²) in [4.78, 5) is 30.5. The van der Waals surface area contributed by atoms with Crippen molar-refractivity contribution in [3.8, 4) is 0 Å². The standard InChI is InChI=1S/C21H27O10P/c1-9(2)20-14(30-20)15-21(31-15)18(3)5-4-10-11(7-26-16(10)22)13(18)12-6-19(21,29-12)17(20)27-8-28-32(23,24)25/h9,12-15,17H,4-8H2,1-3H3,(H2,23,24,25)/t12?,13-,14+,15+,17+,18+,19-,20+,21-/m1/s1. The van der Waals surface area contributed by atoms with Crippen molar-refractivity contribution in [3.05, 3.63) is 11.1 Å². The lowest BCUT2D eigenvalue weighted by Crippen LogP contribution is -2.84. The quantitative estimate of drug-likeness (QED) is 0.261. The lowest BCUT2D eigenvalue weighted by atomic mass is 9.42. The fourth-order valence-electron chi connectivity index (χ4n) is 8.30. The number of carbonyl (C=O) groups is 1. The second-order valence-electron chi connectivity index (χ2n) is 10.8. The molecule has 8 rings (SSSR count). The zero-order chi connectivity index (χ0) is 22.5. The van der Waals surface area contributed by atoms with Crippen LogP contribution in [0.25, 0.3) is 0 Å². The van der Waals surface area contributed by atoms with Gasteiger partial charge in [-0.2, -0.15) is 0 Å². The van der Waals surface area contributed by atoms with Gasteiger partial charge in [0, 0.05) is 23.3 Å². The molecule has 9 atom stereocenters. The number of phosphoric acid groups is 1. The Bertz CT molecular complexity index is 1010. The average molecular weight is 470 g/mol. The van der Waals surface area contributed by atoms with Gasteiger partial charge in [-0.25, -0.2) is 9.36 Å². The first-order valence-corrected chi connectivity index (χ1v) is 12.8. The molecule has 0 aromatic rings. The van der Waals surface area contributed by atoms with Crippen molar-refractivity contribution in [1.29, 1.82) is 0 Å². The molecule has 2 N–H and O–H groups in total. The molecule has 2 saturated carbocycles. The van der Waals surface area contributed by atoms with Gasteiger partial charge < -0.3 is 33.5 Å². The van der Waals surface area contributed by atoms with Crippen LogP contribution in [0.5, 0.6) is 0 Å². The predicted octanol–water partition coefficient (Wildman–Crippen LogP) is 1.19. The van der Waals surface area contributed by atoms with Crippen LogP contribution in [0.1, 0.15) is 40.0 Å². The molecule has 0 amide bonds. The number of phosphoric ester groups is 1. The van der Waals surface area contributed by atoms with E-state index in [1.165, 1.54) is 0 Å². The van der Waals surface area contributed by atoms with Crippen molar-refractivity contribution in [2.75, 3.05) is 13.4 Å². The molecule has 11 heteroatoms. The number of ether oxygens (including phenoxy) is 5. The Morgan fingerprint density at radius 1 is 1.22 bits per heavy atom. The summed E-state index contributed by atoms with van der Waals surface area (Å²) in [6, 6.07) is 0. The lowest BCUT2D eigenvalue weighted by Gasteiger charge is -2.70. The molecule has 0 radical (unpaired) electrons. The van der Waals surface area contributed by atoms with Gasteiger partial charge in [-0.1, -0.05) is 20.8 Å². The van der Waals surface area contributed by atoms with Crippen LogP contribution in [0.15, 0.2) is 11.1 Å². The van der Waals surface area contributed by atoms with Crippen LogP contribution in [0.2, 0.25) is 0 Å². The number of epoxide rings is 2. The zero-order valence-electron chi connectivity index (χ0n) is 18.1. The highest BCUT2D eigenvalue weighted by atomic mass is 31.2. The molecular formula is C21H27O10P. The Morgan fingerprint density at radius 2 is 1.97 bits per heavy atom. The van der Waals surface area contributed by atoms with Gasteiger partial charge in [0.2, 0.25) is 0 Å². The number of fused-ring (bicyclic) bond motifs is 2. The number of rotatable bonds is 5. The molecule has 5 heterocycles. The summed E-state index contributed by atoms with van der Waals surface area (Å²) in [5.74, 6) is -0.103. The van der Waals surface area contributed by atoms with Gasteiger partial charge in [0.25, 0.3) is 0 Å². The van der Waals surface area contributed by atoms with Gasteiger partial charge in [-0.05, 0) is 24.3 Å². The molecule has 8 aliphatic rings. The van der Waals surface area contributed by atoms with Crippen molar-refractivity contribution in [1.82, 2.24) is 0 Å². The van der Waals surface area contributed by atoms with E-state index in [0.717, 1.165) is 17.6 Å². The van der Waals surface area contributed by atoms with E-state index in [4.69, 9.17) is 33.5 Å². The molecule has 3 aliphatic carbocycles. The summed E-state index contributed by atoms with van der Waals surface area (Å²) >= 11 is 0. The minimum absolute atomic E-state index is 0.0295. The van der Waals surface area contributed by atoms with E-state index in [0.29, 0.717) is 19.4 Å². The third kappa shape index (κ3) is 2.01. The third-order valence-corrected chi connectivity index (χ3v) is 9.95. The van der Waals surface area contributed by atoms with Crippen molar-refractivity contribution >= 4 is 13.8 Å². The van der Waals surface area contributed by atoms with E-state index in [1.54, 1.807) is 0 Å². The predicted molar refractivity (Wildman–Crippen MR) is 104 cm³/mol. The molecule has 32 heavy (non-hydrogen) atoms. The molecule has 0 aromatic heterocycles. The van der Waals surface area contributed by atoms with E-state index >= 15 is 0 Å². The molecule has 10 nitrogen and oxygen atoms in total. The lowest BCUT2D eigenvalue weighted by molar-refractivity contribution is -0.375. The van der Waals surface area contributed by atoms with Crippen LogP contribution >= 0.6 is 7.82 Å². The van der Waals surface area contributed by atoms with Crippen molar-refractivity contribution < 1.29 is 47.4 Å². The highest BCUT2D eigenvalue weighted by molar-refractivity contribution is 7.46. The highest BCUT2D eigenvalue weighted by Crippen LogP contribution is 2.82. The van der Waals surface area contributed by atoms with Crippen molar-refractivity contribution in [2.45, 2.75) is 81.3 Å². The molecule has 0 aromatic carbocycles. The molecule has 176 valence electrons. The van der Waals surface area contributed by atoms with Crippen molar-refractivity contribution in [2.24, 2.45) is 17.3 Å². The van der Waals surface area contributed by atoms with E-state index in [9.17, 15) is 9.36 Å². The van der Waals surface area contributed by atoms with Gasteiger partial charge in [0.05, 0.1) is 6.10 Å². The van der Waals surface area contributed by atoms with Crippen LogP contribution in [0.3, 0.4) is 0 Å². The molecule has 4 saturated heterocycles. The second kappa shape index (κ2) is 5.69. The van der Waals surface area contributed by atoms with Gasteiger partial charge in [-0.15, -0.1) is 0 Å². The first-order valence-electron chi connectivity index (χ1n) is 11.3. The summed E-state index contributed by atoms with van der Waals surface area (Å²) in [6.07, 6.45) is 1.09. The molecule has 1 unspecified atom stereocenters. The fourth-order valence-corrected chi connectivity index (χ4v) is 8.49. The number of cyclic esters (lactones) is 1. The Kier molecular flexibility index (Phi) is 3.65.